The van der Waals surface area contributed by atoms with E-state index >= 15 is 0 Å². The van der Waals surface area contributed by atoms with Crippen LogP contribution < -0.4 is 5.32 Å². The van der Waals surface area contributed by atoms with Gasteiger partial charge in [-0.05, 0) is 0 Å². The summed E-state index contributed by atoms with van der Waals surface area (Å²) in [5.74, 6) is -0.132. The van der Waals surface area contributed by atoms with Crippen LogP contribution in [-0.4, -0.2) is 62.4 Å². The minimum atomic E-state index is -0.539. The van der Waals surface area contributed by atoms with E-state index in [0.29, 0.717) is 32.9 Å². The first kappa shape index (κ1) is 11.3. The molecule has 2 unspecified atom stereocenters. The van der Waals surface area contributed by atoms with Gasteiger partial charge >= 0.3 is 0 Å². The molecule has 6 nitrogen and oxygen atoms in total. The number of hydrogen-bond donors (Lipinski definition) is 1. The molecule has 0 radical (unpaired) electrons. The zero-order chi connectivity index (χ0) is 11.4. The predicted octanol–water partition coefficient (Wildman–Crippen LogP) is -1.27. The predicted molar refractivity (Wildman–Crippen MR) is 54.5 cm³/mol. The Labute approximate surface area is 94.1 Å². The Bertz CT molecular complexity index is 296. The SMILES string of the molecule is N#CC1CNCCN1C(=O)C1COCCO1. The maximum atomic E-state index is 12.1. The van der Waals surface area contributed by atoms with Gasteiger partial charge in [0.2, 0.25) is 0 Å². The second kappa shape index (κ2) is 5.25. The van der Waals surface area contributed by atoms with Crippen molar-refractivity contribution in [2.24, 2.45) is 0 Å². The summed E-state index contributed by atoms with van der Waals surface area (Å²) in [4.78, 5) is 13.6. The van der Waals surface area contributed by atoms with Gasteiger partial charge in [0.05, 0.1) is 25.9 Å². The zero-order valence-electron chi connectivity index (χ0n) is 9.02. The first-order valence-corrected chi connectivity index (χ1v) is 5.43. The monoisotopic (exact) mass is 225 g/mol. The molecule has 0 saturated carbocycles. The van der Waals surface area contributed by atoms with E-state index in [1.54, 1.807) is 4.90 Å². The average molecular weight is 225 g/mol. The van der Waals surface area contributed by atoms with Crippen LogP contribution in [0.3, 0.4) is 0 Å². The molecule has 0 aliphatic carbocycles. The highest BCUT2D eigenvalue weighted by Crippen LogP contribution is 2.10. The molecular formula is C10H15N3O3. The number of nitriles is 1. The molecule has 6 heteroatoms. The minimum absolute atomic E-state index is 0.132. The largest absolute Gasteiger partial charge is 0.376 e. The number of nitrogens with one attached hydrogen (secondary N) is 1. The summed E-state index contributed by atoms with van der Waals surface area (Å²) >= 11 is 0. The lowest BCUT2D eigenvalue weighted by molar-refractivity contribution is -0.159. The minimum Gasteiger partial charge on any atom is -0.376 e. The van der Waals surface area contributed by atoms with Crippen molar-refractivity contribution in [1.29, 1.82) is 5.26 Å². The van der Waals surface area contributed by atoms with E-state index in [0.717, 1.165) is 6.54 Å². The van der Waals surface area contributed by atoms with Crippen molar-refractivity contribution in [1.82, 2.24) is 10.2 Å². The molecule has 2 aliphatic heterocycles. The van der Waals surface area contributed by atoms with Crippen molar-refractivity contribution in [3.63, 3.8) is 0 Å². The highest BCUT2D eigenvalue weighted by atomic mass is 16.6. The molecule has 2 fully saturated rings. The number of ether oxygens (including phenoxy) is 2. The topological polar surface area (TPSA) is 74.6 Å². The normalized spacial score (nSPS) is 30.8. The molecule has 1 N–H and O–H groups in total. The molecule has 0 aromatic heterocycles. The second-order valence-corrected chi connectivity index (χ2v) is 3.82. The Kier molecular flexibility index (Phi) is 3.72. The van der Waals surface area contributed by atoms with Crippen molar-refractivity contribution in [3.8, 4) is 6.07 Å². The molecule has 0 aromatic carbocycles. The van der Waals surface area contributed by atoms with Gasteiger partial charge in [0.15, 0.2) is 6.10 Å². The van der Waals surface area contributed by atoms with Gasteiger partial charge in [-0.2, -0.15) is 5.26 Å². The van der Waals surface area contributed by atoms with Crippen LogP contribution in [0.1, 0.15) is 0 Å². The third-order valence-corrected chi connectivity index (χ3v) is 2.77. The van der Waals surface area contributed by atoms with Gasteiger partial charge in [0, 0.05) is 19.6 Å². The van der Waals surface area contributed by atoms with Gasteiger partial charge in [0.1, 0.15) is 6.04 Å². The Morgan fingerprint density at radius 2 is 2.38 bits per heavy atom. The zero-order valence-corrected chi connectivity index (χ0v) is 9.02. The lowest BCUT2D eigenvalue weighted by Crippen LogP contribution is -2.57. The third-order valence-electron chi connectivity index (χ3n) is 2.77. The van der Waals surface area contributed by atoms with Crippen molar-refractivity contribution >= 4 is 5.91 Å². The van der Waals surface area contributed by atoms with Crippen LogP contribution in [0.5, 0.6) is 0 Å². The van der Waals surface area contributed by atoms with Gasteiger partial charge < -0.3 is 19.7 Å². The fraction of sp³-hybridized carbons (Fsp3) is 0.800. The van der Waals surface area contributed by atoms with Crippen LogP contribution in [-0.2, 0) is 14.3 Å². The van der Waals surface area contributed by atoms with E-state index < -0.39 is 12.1 Å². The maximum Gasteiger partial charge on any atom is 0.255 e. The van der Waals surface area contributed by atoms with Gasteiger partial charge in [-0.1, -0.05) is 0 Å². The summed E-state index contributed by atoms with van der Waals surface area (Å²) in [6.07, 6.45) is -0.539. The van der Waals surface area contributed by atoms with E-state index in [1.165, 1.54) is 0 Å². The number of piperazine rings is 1. The first-order valence-electron chi connectivity index (χ1n) is 5.43. The Balaban J connectivity index is 1.98. The van der Waals surface area contributed by atoms with Crippen LogP contribution in [0.15, 0.2) is 0 Å². The number of carbonyl (C=O) groups excluding carboxylic acids is 1. The van der Waals surface area contributed by atoms with Gasteiger partial charge in [-0.15, -0.1) is 0 Å². The number of carbonyl (C=O) groups is 1. The Hall–Kier alpha value is -1.16. The summed E-state index contributed by atoms with van der Waals surface area (Å²) in [7, 11) is 0. The molecule has 2 atom stereocenters. The van der Waals surface area contributed by atoms with Gasteiger partial charge in [-0.25, -0.2) is 0 Å². The summed E-state index contributed by atoms with van der Waals surface area (Å²) in [5, 5.41) is 12.0. The van der Waals surface area contributed by atoms with Crippen molar-refractivity contribution in [3.05, 3.63) is 0 Å². The van der Waals surface area contributed by atoms with Crippen LogP contribution >= 0.6 is 0 Å². The number of amides is 1. The summed E-state index contributed by atoms with van der Waals surface area (Å²) in [6, 6.07) is 1.72. The van der Waals surface area contributed by atoms with E-state index in [-0.39, 0.29) is 5.91 Å². The van der Waals surface area contributed by atoms with Crippen molar-refractivity contribution < 1.29 is 14.3 Å². The molecule has 0 bridgehead atoms. The Morgan fingerprint density at radius 1 is 1.50 bits per heavy atom. The van der Waals surface area contributed by atoms with Crippen molar-refractivity contribution in [2.75, 3.05) is 39.5 Å². The highest BCUT2D eigenvalue weighted by molar-refractivity contribution is 5.82. The number of nitrogens with zero attached hydrogens (tertiary/aromatic N) is 2. The summed E-state index contributed by atoms with van der Waals surface area (Å²) < 4.78 is 10.5. The summed E-state index contributed by atoms with van der Waals surface area (Å²) in [6.45, 7) is 3.07. The molecule has 2 saturated heterocycles. The molecule has 0 aromatic rings. The average Bonchev–Trinajstić information content (AvgIpc) is 2.39. The molecule has 2 aliphatic rings. The quantitative estimate of drug-likeness (QED) is 0.602. The van der Waals surface area contributed by atoms with Crippen LogP contribution in [0.4, 0.5) is 0 Å². The summed E-state index contributed by atoms with van der Waals surface area (Å²) in [5.41, 5.74) is 0. The van der Waals surface area contributed by atoms with Crippen LogP contribution in [0, 0.1) is 11.3 Å². The van der Waals surface area contributed by atoms with Crippen LogP contribution in [0.25, 0.3) is 0 Å². The fourth-order valence-corrected chi connectivity index (χ4v) is 1.90. The van der Waals surface area contributed by atoms with E-state index in [4.69, 9.17) is 14.7 Å². The fourth-order valence-electron chi connectivity index (χ4n) is 1.90. The lowest BCUT2D eigenvalue weighted by Gasteiger charge is -2.35. The Morgan fingerprint density at radius 3 is 3.06 bits per heavy atom. The molecule has 88 valence electrons. The van der Waals surface area contributed by atoms with Crippen molar-refractivity contribution in [2.45, 2.75) is 12.1 Å². The van der Waals surface area contributed by atoms with Gasteiger partial charge in [-0.3, -0.25) is 4.79 Å². The maximum absolute atomic E-state index is 12.1. The highest BCUT2D eigenvalue weighted by Gasteiger charge is 2.33. The van der Waals surface area contributed by atoms with E-state index in [2.05, 4.69) is 11.4 Å². The standard InChI is InChI=1S/C10H15N3O3/c11-5-8-6-12-1-2-13(8)10(14)9-7-15-3-4-16-9/h8-9,12H,1-4,6-7H2. The first-order chi connectivity index (χ1) is 7.83. The molecule has 16 heavy (non-hydrogen) atoms. The molecule has 0 spiro atoms. The molecule has 2 heterocycles. The third kappa shape index (κ3) is 2.32. The second-order valence-electron chi connectivity index (χ2n) is 3.82. The van der Waals surface area contributed by atoms with E-state index in [9.17, 15) is 4.79 Å². The van der Waals surface area contributed by atoms with Crippen LogP contribution in [0.2, 0.25) is 0 Å². The molecule has 1 amide bonds. The van der Waals surface area contributed by atoms with E-state index in [1.807, 2.05) is 0 Å². The number of hydrogen-bond acceptors (Lipinski definition) is 5. The molecular weight excluding hydrogens is 210 g/mol. The smallest absolute Gasteiger partial charge is 0.255 e. The lowest BCUT2D eigenvalue weighted by atomic mass is 10.2. The van der Waals surface area contributed by atoms with Gasteiger partial charge in [0.25, 0.3) is 5.91 Å². The number of rotatable bonds is 1. The molecule has 2 rings (SSSR count).